The predicted octanol–water partition coefficient (Wildman–Crippen LogP) is 2.90. The molecule has 184 valence electrons. The van der Waals surface area contributed by atoms with Gasteiger partial charge in [-0.3, -0.25) is 4.79 Å². The van der Waals surface area contributed by atoms with Gasteiger partial charge in [0.2, 0.25) is 15.9 Å². The van der Waals surface area contributed by atoms with Gasteiger partial charge >= 0.3 is 5.97 Å². The van der Waals surface area contributed by atoms with E-state index >= 15 is 0 Å². The molecule has 8 nitrogen and oxygen atoms in total. The van der Waals surface area contributed by atoms with Crippen LogP contribution in [0.1, 0.15) is 31.7 Å². The smallest absolute Gasteiger partial charge is 0.328 e. The van der Waals surface area contributed by atoms with Crippen LogP contribution >= 0.6 is 0 Å². The van der Waals surface area contributed by atoms with Gasteiger partial charge in [-0.15, -0.1) is 0 Å². The number of carbonyl (C=O) groups excluding carboxylic acids is 2. The maximum absolute atomic E-state index is 13.7. The lowest BCUT2D eigenvalue weighted by molar-refractivity contribution is -0.157. The molecule has 1 aliphatic rings. The topological polar surface area (TPSA) is 96.0 Å². The maximum atomic E-state index is 13.7. The summed E-state index contributed by atoms with van der Waals surface area (Å²) >= 11 is 0. The first kappa shape index (κ1) is 25.7. The van der Waals surface area contributed by atoms with Gasteiger partial charge in [0.25, 0.3) is 0 Å². The van der Waals surface area contributed by atoms with Crippen molar-refractivity contribution in [3.05, 3.63) is 60.2 Å². The number of esters is 1. The largest absolute Gasteiger partial charge is 0.467 e. The third-order valence-corrected chi connectivity index (χ3v) is 8.10. The quantitative estimate of drug-likeness (QED) is 0.518. The molecule has 1 amide bonds. The molecule has 2 aromatic carbocycles. The van der Waals surface area contributed by atoms with Crippen LogP contribution in [0.3, 0.4) is 0 Å². The van der Waals surface area contributed by atoms with Crippen molar-refractivity contribution in [2.45, 2.75) is 49.6 Å². The highest BCUT2D eigenvalue weighted by atomic mass is 32.2. The fourth-order valence-corrected chi connectivity index (χ4v) is 5.85. The highest BCUT2D eigenvalue weighted by Gasteiger charge is 2.45. The maximum Gasteiger partial charge on any atom is 0.328 e. The van der Waals surface area contributed by atoms with Crippen molar-refractivity contribution < 1.29 is 22.7 Å². The van der Waals surface area contributed by atoms with E-state index < -0.39 is 28.1 Å². The number of anilines is 1. The summed E-state index contributed by atoms with van der Waals surface area (Å²) in [5.74, 6) is -0.851. The van der Waals surface area contributed by atoms with Gasteiger partial charge in [-0.25, -0.2) is 13.2 Å². The lowest BCUT2D eigenvalue weighted by atomic mass is 10.0. The standard InChI is InChI=1S/C25H33N3O5S/c1-4-5-11-22(25(30)33-3)27-16-17-28(23(24(27)29)18-19-9-7-6-8-10-19)34(31,32)21-14-12-20(26-2)13-15-21/h6-10,12-15,22-23,26H,4-5,11,16-18H2,1-3H3/t22-,23+/m0/s1. The monoisotopic (exact) mass is 487 g/mol. The molecule has 9 heteroatoms. The Labute approximate surface area is 201 Å². The van der Waals surface area contributed by atoms with E-state index in [1.807, 2.05) is 37.3 Å². The lowest BCUT2D eigenvalue weighted by Gasteiger charge is -2.42. The van der Waals surface area contributed by atoms with E-state index in [0.717, 1.165) is 24.1 Å². The molecule has 2 atom stereocenters. The van der Waals surface area contributed by atoms with E-state index in [4.69, 9.17) is 4.74 Å². The average molecular weight is 488 g/mol. The number of rotatable bonds is 10. The summed E-state index contributed by atoms with van der Waals surface area (Å²) in [6, 6.07) is 14.1. The molecule has 0 aromatic heterocycles. The first-order valence-corrected chi connectivity index (χ1v) is 13.0. The number of piperazine rings is 1. The van der Waals surface area contributed by atoms with Crippen molar-refractivity contribution in [2.75, 3.05) is 32.6 Å². The Morgan fingerprint density at radius 2 is 1.79 bits per heavy atom. The molecule has 0 spiro atoms. The molecule has 0 saturated carbocycles. The van der Waals surface area contributed by atoms with Gasteiger partial charge in [0.1, 0.15) is 12.1 Å². The van der Waals surface area contributed by atoms with Gasteiger partial charge in [-0.05, 0) is 42.7 Å². The first-order valence-electron chi connectivity index (χ1n) is 11.5. The third-order valence-electron chi connectivity index (χ3n) is 6.18. The van der Waals surface area contributed by atoms with E-state index in [0.29, 0.717) is 6.42 Å². The normalized spacial score (nSPS) is 17.9. The average Bonchev–Trinajstić information content (AvgIpc) is 2.86. The summed E-state index contributed by atoms with van der Waals surface area (Å²) in [6.07, 6.45) is 2.32. The van der Waals surface area contributed by atoms with Gasteiger partial charge < -0.3 is 15.0 Å². The van der Waals surface area contributed by atoms with Gasteiger partial charge in [0, 0.05) is 25.8 Å². The predicted molar refractivity (Wildman–Crippen MR) is 131 cm³/mol. The number of carbonyl (C=O) groups is 2. The Bertz CT molecular complexity index is 1070. The summed E-state index contributed by atoms with van der Waals surface area (Å²) in [4.78, 5) is 27.9. The number of hydrogen-bond donors (Lipinski definition) is 1. The Morgan fingerprint density at radius 1 is 1.12 bits per heavy atom. The molecule has 0 aliphatic carbocycles. The van der Waals surface area contributed by atoms with Crippen LogP contribution in [0.2, 0.25) is 0 Å². The number of sulfonamides is 1. The Morgan fingerprint density at radius 3 is 2.38 bits per heavy atom. The lowest BCUT2D eigenvalue weighted by Crippen LogP contribution is -2.62. The minimum absolute atomic E-state index is 0.0962. The molecular weight excluding hydrogens is 454 g/mol. The number of unbranched alkanes of at least 4 members (excludes halogenated alkanes) is 1. The minimum Gasteiger partial charge on any atom is -0.467 e. The van der Waals surface area contributed by atoms with Crippen molar-refractivity contribution >= 4 is 27.6 Å². The number of methoxy groups -OCH3 is 1. The van der Waals surface area contributed by atoms with Crippen LogP contribution in [0.15, 0.2) is 59.5 Å². The molecule has 0 unspecified atom stereocenters. The van der Waals surface area contributed by atoms with Crippen LogP contribution in [0.5, 0.6) is 0 Å². The second kappa shape index (κ2) is 11.5. The number of nitrogens with one attached hydrogen (secondary N) is 1. The molecule has 1 aliphatic heterocycles. The zero-order valence-corrected chi connectivity index (χ0v) is 20.8. The molecule has 0 radical (unpaired) electrons. The zero-order valence-electron chi connectivity index (χ0n) is 19.9. The molecule has 3 rings (SSSR count). The Hall–Kier alpha value is -2.91. The molecule has 1 fully saturated rings. The highest BCUT2D eigenvalue weighted by molar-refractivity contribution is 7.89. The van der Waals surface area contributed by atoms with Crippen LogP contribution < -0.4 is 5.32 Å². The first-order chi connectivity index (χ1) is 16.3. The van der Waals surface area contributed by atoms with Crippen molar-refractivity contribution in [3.8, 4) is 0 Å². The van der Waals surface area contributed by atoms with E-state index in [2.05, 4.69) is 5.32 Å². The van der Waals surface area contributed by atoms with Gasteiger partial charge in [0.15, 0.2) is 0 Å². The Balaban J connectivity index is 1.98. The van der Waals surface area contributed by atoms with E-state index in [1.54, 1.807) is 19.2 Å². The van der Waals surface area contributed by atoms with Crippen molar-refractivity contribution in [1.29, 1.82) is 0 Å². The molecule has 1 N–H and O–H groups in total. The number of benzene rings is 2. The summed E-state index contributed by atoms with van der Waals surface area (Å²) in [5.41, 5.74) is 1.63. The second-order valence-corrected chi connectivity index (χ2v) is 10.2. The summed E-state index contributed by atoms with van der Waals surface area (Å²) in [7, 11) is -0.873. The van der Waals surface area contributed by atoms with Gasteiger partial charge in [-0.2, -0.15) is 4.31 Å². The van der Waals surface area contributed by atoms with Crippen LogP contribution in [0, 0.1) is 0 Å². The molecular formula is C25H33N3O5S. The van der Waals surface area contributed by atoms with Gasteiger partial charge in [-0.1, -0.05) is 50.1 Å². The van der Waals surface area contributed by atoms with Crippen molar-refractivity contribution in [2.24, 2.45) is 0 Å². The highest BCUT2D eigenvalue weighted by Crippen LogP contribution is 2.27. The fraction of sp³-hybridized carbons (Fsp3) is 0.440. The number of ether oxygens (including phenoxy) is 1. The number of amides is 1. The van der Waals surface area contributed by atoms with Crippen molar-refractivity contribution in [1.82, 2.24) is 9.21 Å². The van der Waals surface area contributed by atoms with Crippen molar-refractivity contribution in [3.63, 3.8) is 0 Å². The third kappa shape index (κ3) is 5.59. The number of nitrogens with zero attached hydrogens (tertiary/aromatic N) is 2. The minimum atomic E-state index is -3.94. The molecule has 1 saturated heterocycles. The molecule has 34 heavy (non-hydrogen) atoms. The van der Waals surface area contributed by atoms with E-state index in [9.17, 15) is 18.0 Å². The summed E-state index contributed by atoms with van der Waals surface area (Å²) in [6.45, 7) is 2.23. The van der Waals surface area contributed by atoms with Crippen LogP contribution in [0.4, 0.5) is 5.69 Å². The molecule has 1 heterocycles. The van der Waals surface area contributed by atoms with E-state index in [-0.39, 0.29) is 30.3 Å². The fourth-order valence-electron chi connectivity index (χ4n) is 4.27. The molecule has 2 aromatic rings. The molecule has 0 bridgehead atoms. The van der Waals surface area contributed by atoms with Crippen LogP contribution in [-0.2, 0) is 30.8 Å². The Kier molecular flexibility index (Phi) is 8.68. The zero-order chi connectivity index (χ0) is 24.7. The summed E-state index contributed by atoms with van der Waals surface area (Å²) < 4.78 is 33.5. The van der Waals surface area contributed by atoms with Gasteiger partial charge in [0.05, 0.1) is 12.0 Å². The SMILES string of the molecule is CCCC[C@@H](C(=O)OC)N1CCN(S(=O)(=O)c2ccc(NC)cc2)[C@H](Cc2ccccc2)C1=O. The number of hydrogen-bond acceptors (Lipinski definition) is 6. The van der Waals surface area contributed by atoms with Crippen LogP contribution in [-0.4, -0.2) is 68.8 Å². The van der Waals surface area contributed by atoms with Crippen LogP contribution in [0.25, 0.3) is 0 Å². The second-order valence-electron chi connectivity index (χ2n) is 8.31. The van der Waals surface area contributed by atoms with E-state index in [1.165, 1.54) is 28.4 Å². The summed E-state index contributed by atoms with van der Waals surface area (Å²) in [5, 5.41) is 2.97.